The molecule has 220 valence electrons. The molecule has 1 N–H and O–H groups in total. The third-order valence-corrected chi connectivity index (χ3v) is 8.90. The van der Waals surface area contributed by atoms with Crippen LogP contribution in [0, 0.1) is 16.7 Å². The van der Waals surface area contributed by atoms with Crippen LogP contribution in [-0.2, 0) is 19.1 Å². The van der Waals surface area contributed by atoms with Crippen LogP contribution in [-0.4, -0.2) is 39.2 Å². The van der Waals surface area contributed by atoms with Gasteiger partial charge in [0.25, 0.3) is 0 Å². The summed E-state index contributed by atoms with van der Waals surface area (Å²) in [6, 6.07) is 35.3. The van der Waals surface area contributed by atoms with Gasteiger partial charge < -0.3 is 14.4 Å². The van der Waals surface area contributed by atoms with Gasteiger partial charge in [0, 0.05) is 25.3 Å². The highest BCUT2D eigenvalue weighted by Gasteiger charge is 2.72. The maximum atomic E-state index is 14.7. The number of rotatable bonds is 7. The van der Waals surface area contributed by atoms with E-state index in [1.165, 1.54) is 7.11 Å². The number of esters is 2. The molecule has 2 aliphatic rings. The maximum Gasteiger partial charge on any atom is 0.367 e. The third kappa shape index (κ3) is 4.74. The number of methoxy groups -OCH3 is 1. The van der Waals surface area contributed by atoms with Crippen molar-refractivity contribution in [1.29, 1.82) is 5.26 Å². The van der Waals surface area contributed by atoms with E-state index in [9.17, 15) is 14.9 Å². The number of carbonyl (C=O) groups excluding carboxylic acids is 2. The van der Waals surface area contributed by atoms with Crippen LogP contribution in [0.1, 0.15) is 45.9 Å². The van der Waals surface area contributed by atoms with Gasteiger partial charge in [0.1, 0.15) is 6.04 Å². The molecule has 0 amide bonds. The fourth-order valence-corrected chi connectivity index (χ4v) is 6.89. The minimum atomic E-state index is -1.72. The Hall–Kier alpha value is -5.19. The minimum absolute atomic E-state index is 0.505. The highest BCUT2D eigenvalue weighted by molar-refractivity contribution is 5.88. The van der Waals surface area contributed by atoms with Crippen molar-refractivity contribution < 1.29 is 24.0 Å². The Morgan fingerprint density at radius 2 is 1.45 bits per heavy atom. The van der Waals surface area contributed by atoms with E-state index >= 15 is 0 Å². The quantitative estimate of drug-likeness (QED) is 0.313. The molecule has 2 aliphatic heterocycles. The van der Waals surface area contributed by atoms with Crippen LogP contribution in [0.5, 0.6) is 0 Å². The molecule has 0 saturated carbocycles. The van der Waals surface area contributed by atoms with Gasteiger partial charge in [-0.15, -0.1) is 0 Å². The van der Waals surface area contributed by atoms with Crippen LogP contribution in [0.4, 0.5) is 5.69 Å². The molecule has 4 aromatic carbocycles. The third-order valence-electron chi connectivity index (χ3n) is 8.90. The molecule has 4 aromatic rings. The van der Waals surface area contributed by atoms with Gasteiger partial charge in [0.15, 0.2) is 12.1 Å². The highest BCUT2D eigenvalue weighted by Crippen LogP contribution is 2.53. The first-order valence-corrected chi connectivity index (χ1v) is 14.6. The molecule has 7 nitrogen and oxygen atoms in total. The van der Waals surface area contributed by atoms with Crippen LogP contribution >= 0.6 is 0 Å². The summed E-state index contributed by atoms with van der Waals surface area (Å²) in [6.45, 7) is 0. The lowest BCUT2D eigenvalue weighted by molar-refractivity contribution is -0.886. The zero-order valence-electron chi connectivity index (χ0n) is 24.9. The molecule has 0 spiro atoms. The van der Waals surface area contributed by atoms with E-state index in [1.54, 1.807) is 0 Å². The number of anilines is 1. The molecule has 6 rings (SSSR count). The van der Waals surface area contributed by atoms with Crippen LogP contribution < -0.4 is 9.80 Å². The molecule has 7 heteroatoms. The summed E-state index contributed by atoms with van der Waals surface area (Å²) in [6.07, 6.45) is 3.16. The van der Waals surface area contributed by atoms with E-state index < -0.39 is 41.5 Å². The van der Waals surface area contributed by atoms with Crippen molar-refractivity contribution in [2.24, 2.45) is 5.41 Å². The average Bonchev–Trinajstić information content (AvgIpc) is 3.39. The summed E-state index contributed by atoms with van der Waals surface area (Å²) >= 11 is 0. The fourth-order valence-electron chi connectivity index (χ4n) is 6.89. The molecule has 0 aliphatic carbocycles. The number of hydrogen-bond acceptors (Lipinski definition) is 6. The molecule has 1 fully saturated rings. The number of ether oxygens (including phenoxy) is 2. The average molecular weight is 585 g/mol. The number of nitrogens with zero attached hydrogens (tertiary/aromatic N) is 2. The smallest absolute Gasteiger partial charge is 0.367 e. The number of nitriles is 1. The van der Waals surface area contributed by atoms with E-state index in [-0.39, 0.29) is 0 Å². The van der Waals surface area contributed by atoms with Crippen LogP contribution in [0.3, 0.4) is 0 Å². The highest BCUT2D eigenvalue weighted by atomic mass is 16.5. The SMILES string of the molecule is COC(=O)[C@]1(C#N)[C@@H](c2ccc(N(C)C)cc2)[C@H](C(=O)OC(c2ccccc2)c2ccccc2)[NH+]2C=Cc3ccccc3[C@@H]21. The molecular formula is C37H34N3O4+. The molecule has 1 unspecified atom stereocenters. The van der Waals surface area contributed by atoms with E-state index in [0.29, 0.717) is 10.5 Å². The summed E-state index contributed by atoms with van der Waals surface area (Å²) in [4.78, 5) is 31.3. The molecule has 2 heterocycles. The normalized spacial score (nSPS) is 23.2. The van der Waals surface area contributed by atoms with Crippen molar-refractivity contribution in [3.63, 3.8) is 0 Å². The second-order valence-corrected chi connectivity index (χ2v) is 11.4. The lowest BCUT2D eigenvalue weighted by atomic mass is 9.67. The van der Waals surface area contributed by atoms with Crippen molar-refractivity contribution in [2.45, 2.75) is 24.1 Å². The van der Waals surface area contributed by atoms with Crippen molar-refractivity contribution >= 4 is 23.7 Å². The second kappa shape index (κ2) is 11.8. The predicted molar refractivity (Wildman–Crippen MR) is 167 cm³/mol. The summed E-state index contributed by atoms with van der Waals surface area (Å²) in [5.41, 5.74) is 3.27. The lowest BCUT2D eigenvalue weighted by Gasteiger charge is -2.31. The Bertz CT molecular complexity index is 1690. The molecule has 0 radical (unpaired) electrons. The minimum Gasteiger partial charge on any atom is -0.468 e. The van der Waals surface area contributed by atoms with Gasteiger partial charge >= 0.3 is 11.9 Å². The summed E-state index contributed by atoms with van der Waals surface area (Å²) in [5.74, 6) is -2.05. The van der Waals surface area contributed by atoms with Gasteiger partial charge in [-0.25, -0.2) is 4.79 Å². The Kier molecular flexibility index (Phi) is 7.77. The van der Waals surface area contributed by atoms with E-state index in [0.717, 1.165) is 27.9 Å². The van der Waals surface area contributed by atoms with Gasteiger partial charge in [-0.3, -0.25) is 9.69 Å². The predicted octanol–water partition coefficient (Wildman–Crippen LogP) is 4.84. The van der Waals surface area contributed by atoms with Crippen LogP contribution in [0.25, 0.3) is 6.08 Å². The molecule has 0 bridgehead atoms. The number of hydrogen-bond donors (Lipinski definition) is 1. The Morgan fingerprint density at radius 3 is 2.02 bits per heavy atom. The first-order valence-electron chi connectivity index (χ1n) is 14.6. The molecule has 5 atom stereocenters. The van der Waals surface area contributed by atoms with E-state index in [2.05, 4.69) is 6.07 Å². The van der Waals surface area contributed by atoms with Gasteiger partial charge in [0.05, 0.1) is 25.3 Å². The van der Waals surface area contributed by atoms with Gasteiger partial charge in [-0.1, -0.05) is 97.1 Å². The van der Waals surface area contributed by atoms with Crippen molar-refractivity contribution in [1.82, 2.24) is 0 Å². The molecular weight excluding hydrogens is 550 g/mol. The van der Waals surface area contributed by atoms with E-state index in [4.69, 9.17) is 9.47 Å². The van der Waals surface area contributed by atoms with Crippen molar-refractivity contribution in [3.05, 3.63) is 143 Å². The largest absolute Gasteiger partial charge is 0.468 e. The van der Waals surface area contributed by atoms with Gasteiger partial charge in [0.2, 0.25) is 5.41 Å². The second-order valence-electron chi connectivity index (χ2n) is 11.4. The Morgan fingerprint density at radius 1 is 0.864 bits per heavy atom. The standard InChI is InChI=1S/C37H33N3O4/c1-39(2)29-20-18-26(19-21-29)31-32(35(41)44-33(27-13-6-4-7-14-27)28-15-8-5-9-16-28)40-23-22-25-12-10-11-17-30(25)34(40)37(31,24-38)36(42)43-3/h4-23,31-34H,1-3H3/p+1/t31-,32+,34+,37+/m0/s1. The van der Waals surface area contributed by atoms with Gasteiger partial charge in [-0.05, 0) is 40.5 Å². The number of carbonyl (C=O) groups is 2. The first kappa shape index (κ1) is 28.9. The number of nitrogens with one attached hydrogen (secondary N) is 1. The zero-order valence-corrected chi connectivity index (χ0v) is 24.9. The Labute approximate surface area is 257 Å². The van der Waals surface area contributed by atoms with Crippen LogP contribution in [0.2, 0.25) is 0 Å². The fraction of sp³-hybridized carbons (Fsp3) is 0.216. The Balaban J connectivity index is 1.54. The number of quaternary nitrogens is 1. The lowest BCUT2D eigenvalue weighted by Crippen LogP contribution is -3.12. The van der Waals surface area contributed by atoms with E-state index in [1.807, 2.05) is 140 Å². The maximum absolute atomic E-state index is 14.7. The molecule has 0 aromatic heterocycles. The first-order chi connectivity index (χ1) is 21.4. The zero-order chi connectivity index (χ0) is 30.8. The van der Waals surface area contributed by atoms with Crippen molar-refractivity contribution in [2.75, 3.05) is 26.1 Å². The number of fused-ring (bicyclic) bond motifs is 3. The summed E-state index contributed by atoms with van der Waals surface area (Å²) < 4.78 is 11.8. The van der Waals surface area contributed by atoms with Gasteiger partial charge in [-0.2, -0.15) is 5.26 Å². The summed E-state index contributed by atoms with van der Waals surface area (Å²) in [7, 11) is 5.18. The molecule has 44 heavy (non-hydrogen) atoms. The topological polar surface area (TPSA) is 84.1 Å². The molecule has 1 saturated heterocycles. The summed E-state index contributed by atoms with van der Waals surface area (Å²) in [5, 5.41) is 11.0. The van der Waals surface area contributed by atoms with Crippen molar-refractivity contribution in [3.8, 4) is 6.07 Å². The number of benzene rings is 4. The van der Waals surface area contributed by atoms with Crippen LogP contribution in [0.15, 0.2) is 115 Å². The monoisotopic (exact) mass is 584 g/mol.